The Morgan fingerprint density at radius 3 is 3.06 bits per heavy atom. The number of nitrogens with one attached hydrogen (secondary N) is 1. The van der Waals surface area contributed by atoms with Crippen LogP contribution in [0.5, 0.6) is 0 Å². The molecule has 90 valence electrons. The minimum atomic E-state index is -1.11. The highest BCUT2D eigenvalue weighted by Gasteiger charge is 2.10. The molecule has 0 aliphatic heterocycles. The first-order valence-corrected chi connectivity index (χ1v) is 6.03. The fourth-order valence-corrected chi connectivity index (χ4v) is 2.37. The van der Waals surface area contributed by atoms with Crippen LogP contribution in [-0.2, 0) is 0 Å². The van der Waals surface area contributed by atoms with Gasteiger partial charge in [0.1, 0.15) is 6.26 Å². The molecule has 0 aliphatic carbocycles. The Morgan fingerprint density at radius 2 is 2.28 bits per heavy atom. The van der Waals surface area contributed by atoms with Crippen LogP contribution in [0.15, 0.2) is 40.3 Å². The Morgan fingerprint density at radius 1 is 1.39 bits per heavy atom. The molecule has 0 unspecified atom stereocenters. The molecular formula is C12H8N2O3S. The molecule has 0 aliphatic rings. The number of aromatic carboxylic acids is 1. The van der Waals surface area contributed by atoms with Crippen molar-refractivity contribution < 1.29 is 14.3 Å². The molecule has 0 fully saturated rings. The summed E-state index contributed by atoms with van der Waals surface area (Å²) in [5.41, 5.74) is 0.689. The van der Waals surface area contributed by atoms with Gasteiger partial charge in [0.05, 0.1) is 0 Å². The highest BCUT2D eigenvalue weighted by Crippen LogP contribution is 2.25. The van der Waals surface area contributed by atoms with E-state index in [1.54, 1.807) is 11.3 Å². The van der Waals surface area contributed by atoms with Gasteiger partial charge in [-0.1, -0.05) is 0 Å². The number of aromatic nitrogens is 1. The largest absolute Gasteiger partial charge is 0.476 e. The monoisotopic (exact) mass is 260 g/mol. The number of benzene rings is 1. The molecule has 0 bridgehead atoms. The van der Waals surface area contributed by atoms with Gasteiger partial charge in [-0.25, -0.2) is 4.79 Å². The summed E-state index contributed by atoms with van der Waals surface area (Å²) in [6.07, 6.45) is 1.10. The number of anilines is 2. The molecule has 0 saturated carbocycles. The zero-order valence-corrected chi connectivity index (χ0v) is 9.90. The van der Waals surface area contributed by atoms with Gasteiger partial charge in [0.2, 0.25) is 0 Å². The lowest BCUT2D eigenvalue weighted by Crippen LogP contribution is -1.97. The summed E-state index contributed by atoms with van der Waals surface area (Å²) in [5, 5.41) is 14.8. The van der Waals surface area contributed by atoms with Crippen molar-refractivity contribution in [1.82, 2.24) is 4.98 Å². The molecule has 0 amide bonds. The number of carboxylic acids is 1. The van der Waals surface area contributed by atoms with E-state index < -0.39 is 5.97 Å². The van der Waals surface area contributed by atoms with Gasteiger partial charge in [-0.3, -0.25) is 0 Å². The molecular weight excluding hydrogens is 252 g/mol. The van der Waals surface area contributed by atoms with Crippen LogP contribution >= 0.6 is 11.3 Å². The highest BCUT2D eigenvalue weighted by molar-refractivity contribution is 7.17. The molecule has 0 saturated heterocycles. The van der Waals surface area contributed by atoms with Crippen LogP contribution in [0.2, 0.25) is 0 Å². The maximum absolute atomic E-state index is 10.7. The molecule has 2 N–H and O–H groups in total. The van der Waals surface area contributed by atoms with E-state index >= 15 is 0 Å². The number of hydrogen-bond donors (Lipinski definition) is 2. The van der Waals surface area contributed by atoms with Crippen molar-refractivity contribution in [2.24, 2.45) is 0 Å². The summed E-state index contributed by atoms with van der Waals surface area (Å²) in [7, 11) is 0. The topological polar surface area (TPSA) is 75.4 Å². The zero-order valence-electron chi connectivity index (χ0n) is 9.08. The first-order chi connectivity index (χ1) is 8.72. The molecule has 2 heterocycles. The SMILES string of the molecule is O=C(O)c1coc(Nc2ccc3sccc3c2)n1. The van der Waals surface area contributed by atoms with Crippen LogP contribution in [0.3, 0.4) is 0 Å². The quantitative estimate of drug-likeness (QED) is 0.755. The van der Waals surface area contributed by atoms with E-state index in [4.69, 9.17) is 9.52 Å². The lowest BCUT2D eigenvalue weighted by molar-refractivity contribution is 0.0690. The van der Waals surface area contributed by atoms with E-state index in [2.05, 4.69) is 10.3 Å². The third-order valence-corrected chi connectivity index (χ3v) is 3.32. The molecule has 3 rings (SSSR count). The number of thiophene rings is 1. The van der Waals surface area contributed by atoms with Gasteiger partial charge >= 0.3 is 5.97 Å². The predicted molar refractivity (Wildman–Crippen MR) is 68.6 cm³/mol. The van der Waals surface area contributed by atoms with Crippen molar-refractivity contribution in [2.75, 3.05) is 5.32 Å². The van der Waals surface area contributed by atoms with Crippen LogP contribution in [0.25, 0.3) is 10.1 Å². The second-order valence-corrected chi connectivity index (χ2v) is 4.59. The first-order valence-electron chi connectivity index (χ1n) is 5.15. The van der Waals surface area contributed by atoms with E-state index in [9.17, 15) is 4.79 Å². The van der Waals surface area contributed by atoms with Gasteiger partial charge < -0.3 is 14.8 Å². The molecule has 5 nitrogen and oxygen atoms in total. The van der Waals surface area contributed by atoms with Crippen LogP contribution < -0.4 is 5.32 Å². The first kappa shape index (κ1) is 10.8. The van der Waals surface area contributed by atoms with Crippen LogP contribution in [0.4, 0.5) is 11.7 Å². The zero-order chi connectivity index (χ0) is 12.5. The maximum Gasteiger partial charge on any atom is 0.357 e. The summed E-state index contributed by atoms with van der Waals surface area (Å²) in [4.78, 5) is 14.5. The molecule has 0 spiro atoms. The average molecular weight is 260 g/mol. The maximum atomic E-state index is 10.7. The fourth-order valence-electron chi connectivity index (χ4n) is 1.60. The fraction of sp³-hybridized carbons (Fsp3) is 0. The Kier molecular flexibility index (Phi) is 2.49. The number of hydrogen-bond acceptors (Lipinski definition) is 5. The minimum absolute atomic E-state index is 0.117. The normalized spacial score (nSPS) is 10.7. The van der Waals surface area contributed by atoms with Gasteiger partial charge in [-0.15, -0.1) is 11.3 Å². The third-order valence-electron chi connectivity index (χ3n) is 2.43. The van der Waals surface area contributed by atoms with Crippen molar-refractivity contribution in [2.45, 2.75) is 0 Å². The van der Waals surface area contributed by atoms with Crippen molar-refractivity contribution in [3.8, 4) is 0 Å². The number of oxazole rings is 1. The third kappa shape index (κ3) is 1.93. The molecule has 18 heavy (non-hydrogen) atoms. The van der Waals surface area contributed by atoms with Gasteiger partial charge in [0.15, 0.2) is 5.69 Å². The van der Waals surface area contributed by atoms with Crippen LogP contribution in [0, 0.1) is 0 Å². The summed E-state index contributed by atoms with van der Waals surface area (Å²) < 4.78 is 6.22. The Balaban J connectivity index is 1.88. The van der Waals surface area contributed by atoms with E-state index in [-0.39, 0.29) is 11.7 Å². The van der Waals surface area contributed by atoms with Crippen molar-refractivity contribution in [3.05, 3.63) is 41.6 Å². The van der Waals surface area contributed by atoms with Crippen molar-refractivity contribution >= 4 is 39.1 Å². The van der Waals surface area contributed by atoms with E-state index in [0.29, 0.717) is 0 Å². The lowest BCUT2D eigenvalue weighted by Gasteiger charge is -2.01. The Labute approximate surface area is 106 Å². The minimum Gasteiger partial charge on any atom is -0.476 e. The van der Waals surface area contributed by atoms with E-state index in [1.807, 2.05) is 29.6 Å². The molecule has 3 aromatic rings. The summed E-state index contributed by atoms with van der Waals surface area (Å²) in [5.74, 6) is -1.11. The average Bonchev–Trinajstić information content (AvgIpc) is 2.96. The lowest BCUT2D eigenvalue weighted by atomic mass is 10.2. The second-order valence-electron chi connectivity index (χ2n) is 3.64. The summed E-state index contributed by atoms with van der Waals surface area (Å²) in [6.45, 7) is 0. The highest BCUT2D eigenvalue weighted by atomic mass is 32.1. The van der Waals surface area contributed by atoms with Gasteiger partial charge in [0, 0.05) is 10.4 Å². The smallest absolute Gasteiger partial charge is 0.357 e. The van der Waals surface area contributed by atoms with Gasteiger partial charge in [-0.2, -0.15) is 4.98 Å². The van der Waals surface area contributed by atoms with Gasteiger partial charge in [0.25, 0.3) is 6.01 Å². The standard InChI is InChI=1S/C12H8N2O3S/c15-11(16)9-6-17-12(14-9)13-8-1-2-10-7(5-8)3-4-18-10/h1-6H,(H,13,14)(H,15,16). The number of nitrogens with zero attached hydrogens (tertiary/aromatic N) is 1. The Hall–Kier alpha value is -2.34. The number of carbonyl (C=O) groups is 1. The number of fused-ring (bicyclic) bond motifs is 1. The predicted octanol–water partition coefficient (Wildman–Crippen LogP) is 3.33. The number of rotatable bonds is 3. The van der Waals surface area contributed by atoms with Crippen LogP contribution in [0.1, 0.15) is 10.5 Å². The number of carboxylic acid groups (broad SMARTS) is 1. The Bertz CT molecular complexity index is 717. The molecule has 6 heteroatoms. The molecule has 0 atom stereocenters. The molecule has 2 aromatic heterocycles. The molecule has 0 radical (unpaired) electrons. The molecule has 1 aromatic carbocycles. The second kappa shape index (κ2) is 4.15. The van der Waals surface area contributed by atoms with Crippen LogP contribution in [-0.4, -0.2) is 16.1 Å². The van der Waals surface area contributed by atoms with Crippen molar-refractivity contribution in [1.29, 1.82) is 0 Å². The summed E-state index contributed by atoms with van der Waals surface area (Å²) in [6, 6.07) is 8.02. The van der Waals surface area contributed by atoms with Gasteiger partial charge in [-0.05, 0) is 35.0 Å². The summed E-state index contributed by atoms with van der Waals surface area (Å²) >= 11 is 1.67. The van der Waals surface area contributed by atoms with E-state index in [0.717, 1.165) is 17.3 Å². The van der Waals surface area contributed by atoms with E-state index in [1.165, 1.54) is 4.70 Å². The van der Waals surface area contributed by atoms with Crippen molar-refractivity contribution in [3.63, 3.8) is 0 Å².